The summed E-state index contributed by atoms with van der Waals surface area (Å²) < 4.78 is 0. The van der Waals surface area contributed by atoms with E-state index in [0.29, 0.717) is 18.5 Å². The van der Waals surface area contributed by atoms with E-state index in [9.17, 15) is 9.90 Å². The number of carbonyl (C=O) groups excluding carboxylic acids is 1. The number of amides is 1. The molecule has 0 fully saturated rings. The molecule has 132 valence electrons. The highest BCUT2D eigenvalue weighted by atomic mass is 16.3. The maximum absolute atomic E-state index is 12.2. The molecule has 26 heavy (non-hydrogen) atoms. The zero-order valence-corrected chi connectivity index (χ0v) is 14.3. The predicted molar refractivity (Wildman–Crippen MR) is 102 cm³/mol. The van der Waals surface area contributed by atoms with Gasteiger partial charge in [0.25, 0.3) is 5.91 Å². The number of hydrogen-bond donors (Lipinski definition) is 3. The summed E-state index contributed by atoms with van der Waals surface area (Å²) in [7, 11) is 0. The van der Waals surface area contributed by atoms with Crippen LogP contribution in [-0.4, -0.2) is 22.5 Å². The summed E-state index contributed by atoms with van der Waals surface area (Å²) in [5, 5.41) is 16.2. The van der Waals surface area contributed by atoms with E-state index in [1.807, 2.05) is 54.6 Å². The molecule has 0 aliphatic carbocycles. The smallest absolute Gasteiger partial charge is 0.251 e. The van der Waals surface area contributed by atoms with E-state index in [-0.39, 0.29) is 5.91 Å². The number of aliphatic hydroxyl groups is 1. The van der Waals surface area contributed by atoms with Crippen LogP contribution in [0.25, 0.3) is 0 Å². The lowest BCUT2D eigenvalue weighted by molar-refractivity contribution is 0.0942. The van der Waals surface area contributed by atoms with Crippen molar-refractivity contribution in [2.75, 3.05) is 11.9 Å². The van der Waals surface area contributed by atoms with Crippen molar-refractivity contribution < 1.29 is 9.90 Å². The van der Waals surface area contributed by atoms with Crippen molar-refractivity contribution in [3.63, 3.8) is 0 Å². The number of hydrogen-bond acceptors (Lipinski definition) is 4. The maximum atomic E-state index is 12.2. The van der Waals surface area contributed by atoms with Gasteiger partial charge in [0, 0.05) is 35.9 Å². The average molecular weight is 347 g/mol. The van der Waals surface area contributed by atoms with Gasteiger partial charge in [-0.2, -0.15) is 0 Å². The van der Waals surface area contributed by atoms with E-state index >= 15 is 0 Å². The van der Waals surface area contributed by atoms with Gasteiger partial charge in [-0.3, -0.25) is 9.78 Å². The molecule has 3 aromatic rings. The minimum atomic E-state index is -0.580. The summed E-state index contributed by atoms with van der Waals surface area (Å²) in [6, 6.07) is 20.4. The Kier molecular flexibility index (Phi) is 5.96. The molecular formula is C21H21N3O2. The molecule has 3 N–H and O–H groups in total. The fraction of sp³-hybridized carbons (Fsp3) is 0.143. The standard InChI is InChI=1S/C21H21N3O2/c25-20(16-4-2-1-3-5-16)12-15-23-21(26)17-6-8-18(9-7-17)24-19-10-13-22-14-11-19/h1-11,13-14,20,25H,12,15H2,(H,22,24)(H,23,26). The highest BCUT2D eigenvalue weighted by molar-refractivity contribution is 5.94. The number of benzene rings is 2. The summed E-state index contributed by atoms with van der Waals surface area (Å²) in [6.07, 6.45) is 3.32. The van der Waals surface area contributed by atoms with Crippen LogP contribution in [0.5, 0.6) is 0 Å². The molecule has 1 aromatic heterocycles. The third-order valence-electron chi connectivity index (χ3n) is 4.00. The molecule has 0 saturated carbocycles. The second-order valence-corrected chi connectivity index (χ2v) is 5.91. The van der Waals surface area contributed by atoms with Crippen LogP contribution in [0.15, 0.2) is 79.1 Å². The first-order valence-corrected chi connectivity index (χ1v) is 8.51. The topological polar surface area (TPSA) is 74.2 Å². The third-order valence-corrected chi connectivity index (χ3v) is 4.00. The van der Waals surface area contributed by atoms with Gasteiger partial charge in [0.1, 0.15) is 0 Å². The van der Waals surface area contributed by atoms with E-state index in [1.165, 1.54) is 0 Å². The number of anilines is 2. The molecule has 1 atom stereocenters. The van der Waals surface area contributed by atoms with Crippen LogP contribution in [0.3, 0.4) is 0 Å². The molecule has 0 aliphatic heterocycles. The van der Waals surface area contributed by atoms with Gasteiger partial charge in [0.2, 0.25) is 0 Å². The quantitative estimate of drug-likeness (QED) is 0.609. The van der Waals surface area contributed by atoms with Gasteiger partial charge >= 0.3 is 0 Å². The summed E-state index contributed by atoms with van der Waals surface area (Å²) in [6.45, 7) is 0.409. The molecule has 1 unspecified atom stereocenters. The average Bonchev–Trinajstić information content (AvgIpc) is 2.70. The van der Waals surface area contributed by atoms with Crippen molar-refractivity contribution in [1.82, 2.24) is 10.3 Å². The zero-order chi connectivity index (χ0) is 18.2. The largest absolute Gasteiger partial charge is 0.388 e. The first kappa shape index (κ1) is 17.6. The number of nitrogens with zero attached hydrogens (tertiary/aromatic N) is 1. The Morgan fingerprint density at radius 3 is 2.27 bits per heavy atom. The molecule has 5 nitrogen and oxygen atoms in total. The molecule has 0 aliphatic rings. The lowest BCUT2D eigenvalue weighted by Crippen LogP contribution is -2.25. The second kappa shape index (κ2) is 8.78. The van der Waals surface area contributed by atoms with E-state index in [0.717, 1.165) is 16.9 Å². The normalized spacial score (nSPS) is 11.6. The highest BCUT2D eigenvalue weighted by Crippen LogP contribution is 2.17. The molecule has 5 heteroatoms. The van der Waals surface area contributed by atoms with Crippen molar-refractivity contribution in [3.05, 3.63) is 90.3 Å². The van der Waals surface area contributed by atoms with Crippen LogP contribution >= 0.6 is 0 Å². The van der Waals surface area contributed by atoms with Crippen LogP contribution in [0, 0.1) is 0 Å². The van der Waals surface area contributed by atoms with Crippen molar-refractivity contribution in [3.8, 4) is 0 Å². The monoisotopic (exact) mass is 347 g/mol. The van der Waals surface area contributed by atoms with Crippen molar-refractivity contribution in [2.45, 2.75) is 12.5 Å². The van der Waals surface area contributed by atoms with Gasteiger partial charge < -0.3 is 15.7 Å². The summed E-state index contributed by atoms with van der Waals surface area (Å²) in [5.74, 6) is -0.152. The van der Waals surface area contributed by atoms with Gasteiger partial charge in [0.15, 0.2) is 0 Å². The fourth-order valence-electron chi connectivity index (χ4n) is 2.57. The van der Waals surface area contributed by atoms with Gasteiger partial charge in [-0.15, -0.1) is 0 Å². The van der Waals surface area contributed by atoms with E-state index < -0.39 is 6.10 Å². The van der Waals surface area contributed by atoms with Gasteiger partial charge in [-0.25, -0.2) is 0 Å². The van der Waals surface area contributed by atoms with Crippen LogP contribution in [0.2, 0.25) is 0 Å². The van der Waals surface area contributed by atoms with Crippen LogP contribution in [0.4, 0.5) is 11.4 Å². The number of aromatic nitrogens is 1. The Morgan fingerprint density at radius 1 is 0.923 bits per heavy atom. The van der Waals surface area contributed by atoms with Gasteiger partial charge in [0.05, 0.1) is 6.10 Å². The Balaban J connectivity index is 1.49. The summed E-state index contributed by atoms with van der Waals surface area (Å²) in [5.41, 5.74) is 3.27. The van der Waals surface area contributed by atoms with Crippen LogP contribution in [-0.2, 0) is 0 Å². The first-order chi connectivity index (χ1) is 12.7. The Morgan fingerprint density at radius 2 is 1.58 bits per heavy atom. The number of aliphatic hydroxyl groups excluding tert-OH is 1. The first-order valence-electron chi connectivity index (χ1n) is 8.51. The maximum Gasteiger partial charge on any atom is 0.251 e. The lowest BCUT2D eigenvalue weighted by Gasteiger charge is -2.12. The minimum absolute atomic E-state index is 0.152. The molecule has 1 heterocycles. The Labute approximate surface area is 152 Å². The SMILES string of the molecule is O=C(NCCC(O)c1ccccc1)c1ccc(Nc2ccncc2)cc1. The highest BCUT2D eigenvalue weighted by Gasteiger charge is 2.09. The van der Waals surface area contributed by atoms with E-state index in [4.69, 9.17) is 0 Å². The third kappa shape index (κ3) is 4.91. The van der Waals surface area contributed by atoms with Gasteiger partial charge in [-0.1, -0.05) is 30.3 Å². The van der Waals surface area contributed by atoms with Crippen molar-refractivity contribution in [1.29, 1.82) is 0 Å². The molecular weight excluding hydrogens is 326 g/mol. The van der Waals surface area contributed by atoms with Crippen LogP contribution in [0.1, 0.15) is 28.4 Å². The van der Waals surface area contributed by atoms with Gasteiger partial charge in [-0.05, 0) is 48.4 Å². The van der Waals surface area contributed by atoms with Crippen LogP contribution < -0.4 is 10.6 Å². The zero-order valence-electron chi connectivity index (χ0n) is 14.3. The fourth-order valence-corrected chi connectivity index (χ4v) is 2.57. The van der Waals surface area contributed by atoms with E-state index in [2.05, 4.69) is 15.6 Å². The number of rotatable bonds is 7. The number of nitrogens with one attached hydrogen (secondary N) is 2. The lowest BCUT2D eigenvalue weighted by atomic mass is 10.1. The molecule has 0 spiro atoms. The summed E-state index contributed by atoms with van der Waals surface area (Å²) >= 11 is 0. The molecule has 1 amide bonds. The van der Waals surface area contributed by atoms with E-state index in [1.54, 1.807) is 24.5 Å². The second-order valence-electron chi connectivity index (χ2n) is 5.91. The molecule has 3 rings (SSSR count). The summed E-state index contributed by atoms with van der Waals surface area (Å²) in [4.78, 5) is 16.2. The number of pyridine rings is 1. The Bertz CT molecular complexity index is 821. The Hall–Kier alpha value is -3.18. The number of carbonyl (C=O) groups is 1. The van der Waals surface area contributed by atoms with Crippen molar-refractivity contribution in [2.24, 2.45) is 0 Å². The molecule has 0 bridgehead atoms. The molecule has 0 radical (unpaired) electrons. The van der Waals surface area contributed by atoms with Crippen molar-refractivity contribution >= 4 is 17.3 Å². The minimum Gasteiger partial charge on any atom is -0.388 e. The molecule has 0 saturated heterocycles. The predicted octanol–water partition coefficient (Wildman–Crippen LogP) is 3.68. The molecule has 2 aromatic carbocycles.